The number of fused-ring (bicyclic) bond motifs is 2. The average Bonchev–Trinajstić information content (AvgIpc) is 3.44. The van der Waals surface area contributed by atoms with Crippen molar-refractivity contribution in [1.82, 2.24) is 40.1 Å². The molecule has 6 aromatic rings. The van der Waals surface area contributed by atoms with E-state index in [4.69, 9.17) is 4.98 Å². The van der Waals surface area contributed by atoms with Crippen LogP contribution in [0.3, 0.4) is 0 Å². The number of imidazole rings is 1. The summed E-state index contributed by atoms with van der Waals surface area (Å²) < 4.78 is 14.8. The Morgan fingerprint density at radius 1 is 0.806 bits per heavy atom. The molecule has 5 heterocycles. The number of aromatic amines is 2. The molecule has 0 amide bonds. The number of H-pyrrole nitrogens is 2. The Labute approximate surface area is 174 Å². The fourth-order valence-corrected chi connectivity index (χ4v) is 3.65. The summed E-state index contributed by atoms with van der Waals surface area (Å²) in [7, 11) is 0. The first-order valence-corrected chi connectivity index (χ1v) is 9.46. The third-order valence-electron chi connectivity index (χ3n) is 5.10. The molecule has 1 aromatic carbocycles. The molecule has 9 heteroatoms. The number of hydrogen-bond donors (Lipinski definition) is 2. The molecule has 6 rings (SSSR count). The van der Waals surface area contributed by atoms with Crippen LogP contribution >= 0.6 is 0 Å². The number of nitrogens with one attached hydrogen (secondary N) is 2. The van der Waals surface area contributed by atoms with Gasteiger partial charge in [-0.25, -0.2) is 19.3 Å². The molecule has 5 aromatic heterocycles. The molecule has 148 valence electrons. The van der Waals surface area contributed by atoms with E-state index in [9.17, 15) is 4.39 Å². The predicted octanol–water partition coefficient (Wildman–Crippen LogP) is 4.16. The molecule has 0 bridgehead atoms. The predicted molar refractivity (Wildman–Crippen MR) is 113 cm³/mol. The van der Waals surface area contributed by atoms with Crippen molar-refractivity contribution in [1.29, 1.82) is 0 Å². The molecule has 31 heavy (non-hydrogen) atoms. The Kier molecular flexibility index (Phi) is 3.79. The summed E-state index contributed by atoms with van der Waals surface area (Å²) in [5.74, 6) is 0.107. The van der Waals surface area contributed by atoms with E-state index in [0.29, 0.717) is 33.5 Å². The average molecular weight is 408 g/mol. The van der Waals surface area contributed by atoms with Crippen molar-refractivity contribution in [2.75, 3.05) is 0 Å². The van der Waals surface area contributed by atoms with Gasteiger partial charge in [-0.1, -0.05) is 0 Å². The number of benzene rings is 1. The number of hydrogen-bond acceptors (Lipinski definition) is 6. The molecule has 0 unspecified atom stereocenters. The van der Waals surface area contributed by atoms with E-state index in [1.165, 1.54) is 12.4 Å². The van der Waals surface area contributed by atoms with Crippen molar-refractivity contribution in [3.8, 4) is 33.9 Å². The minimum absolute atomic E-state index is 0.239. The zero-order valence-corrected chi connectivity index (χ0v) is 15.9. The van der Waals surface area contributed by atoms with E-state index in [-0.39, 0.29) is 5.52 Å². The van der Waals surface area contributed by atoms with E-state index in [1.807, 2.05) is 24.3 Å². The van der Waals surface area contributed by atoms with Crippen LogP contribution < -0.4 is 0 Å². The maximum absolute atomic E-state index is 14.8. The van der Waals surface area contributed by atoms with E-state index < -0.39 is 5.82 Å². The molecule has 0 atom stereocenters. The highest BCUT2D eigenvalue weighted by Crippen LogP contribution is 2.33. The van der Waals surface area contributed by atoms with Gasteiger partial charge in [-0.3, -0.25) is 15.1 Å². The van der Waals surface area contributed by atoms with Gasteiger partial charge in [0.05, 0.1) is 11.2 Å². The molecular weight excluding hydrogens is 395 g/mol. The summed E-state index contributed by atoms with van der Waals surface area (Å²) in [5.41, 5.74) is 5.36. The molecule has 0 spiro atoms. The first-order chi connectivity index (χ1) is 15.3. The second kappa shape index (κ2) is 6.77. The van der Waals surface area contributed by atoms with Crippen molar-refractivity contribution in [2.45, 2.75) is 0 Å². The highest BCUT2D eigenvalue weighted by Gasteiger charge is 2.18. The van der Waals surface area contributed by atoms with Crippen molar-refractivity contribution in [3.63, 3.8) is 0 Å². The fourth-order valence-electron chi connectivity index (χ4n) is 3.65. The molecule has 0 saturated carbocycles. The lowest BCUT2D eigenvalue weighted by molar-refractivity contribution is 0.636. The lowest BCUT2D eigenvalue weighted by atomic mass is 10.1. The third-order valence-corrected chi connectivity index (χ3v) is 5.10. The van der Waals surface area contributed by atoms with E-state index in [1.54, 1.807) is 31.0 Å². The van der Waals surface area contributed by atoms with Crippen LogP contribution in [0.4, 0.5) is 4.39 Å². The van der Waals surface area contributed by atoms with Gasteiger partial charge in [0.15, 0.2) is 11.6 Å². The van der Waals surface area contributed by atoms with Crippen molar-refractivity contribution >= 4 is 21.9 Å². The molecule has 8 nitrogen and oxygen atoms in total. The van der Waals surface area contributed by atoms with Crippen molar-refractivity contribution in [2.24, 2.45) is 0 Å². The van der Waals surface area contributed by atoms with Gasteiger partial charge in [0.2, 0.25) is 0 Å². The number of halogens is 1. The second-order valence-electron chi connectivity index (χ2n) is 6.96. The van der Waals surface area contributed by atoms with Crippen LogP contribution in [0.1, 0.15) is 0 Å². The first kappa shape index (κ1) is 17.3. The summed E-state index contributed by atoms with van der Waals surface area (Å²) >= 11 is 0. The number of pyridine rings is 2. The zero-order chi connectivity index (χ0) is 20.8. The topological polar surface area (TPSA) is 109 Å². The Balaban J connectivity index is 1.55. The minimum Gasteiger partial charge on any atom is -0.337 e. The van der Waals surface area contributed by atoms with Crippen LogP contribution in [0.5, 0.6) is 0 Å². The largest absolute Gasteiger partial charge is 0.337 e. The van der Waals surface area contributed by atoms with E-state index in [0.717, 1.165) is 16.8 Å². The molecule has 2 N–H and O–H groups in total. The summed E-state index contributed by atoms with van der Waals surface area (Å²) in [6, 6.07) is 8.89. The van der Waals surface area contributed by atoms with Crippen molar-refractivity contribution < 1.29 is 4.39 Å². The Morgan fingerprint density at radius 3 is 2.48 bits per heavy atom. The normalized spacial score (nSPS) is 11.4. The highest BCUT2D eigenvalue weighted by molar-refractivity contribution is 5.97. The molecule has 0 saturated heterocycles. The van der Waals surface area contributed by atoms with Gasteiger partial charge < -0.3 is 4.98 Å². The van der Waals surface area contributed by atoms with E-state index in [2.05, 4.69) is 35.1 Å². The van der Waals surface area contributed by atoms with Gasteiger partial charge in [0.25, 0.3) is 0 Å². The minimum atomic E-state index is -0.436. The van der Waals surface area contributed by atoms with Crippen LogP contribution in [0.15, 0.2) is 67.6 Å². The standard InChI is InChI=1S/C22H13FN8/c23-16-8-13(14-9-25-11-26-10-14)7-15-19(16)30-31-20(15)22-28-17-3-6-27-18(21(17)29-22)12-1-4-24-5-2-12/h1-11H,(H,28,29)(H,30,31). The van der Waals surface area contributed by atoms with Gasteiger partial charge in [-0.05, 0) is 35.9 Å². The molecular formula is C22H13FN8. The zero-order valence-electron chi connectivity index (χ0n) is 15.9. The molecule has 0 radical (unpaired) electrons. The van der Waals surface area contributed by atoms with Gasteiger partial charge >= 0.3 is 0 Å². The maximum Gasteiger partial charge on any atom is 0.157 e. The Hall–Kier alpha value is -4.53. The molecule has 0 aliphatic carbocycles. The van der Waals surface area contributed by atoms with Crippen LogP contribution in [-0.4, -0.2) is 40.1 Å². The second-order valence-corrected chi connectivity index (χ2v) is 6.96. The summed E-state index contributed by atoms with van der Waals surface area (Å²) in [5, 5.41) is 7.70. The van der Waals surface area contributed by atoms with Gasteiger partial charge in [-0.15, -0.1) is 0 Å². The molecule has 0 aliphatic rings. The summed E-state index contributed by atoms with van der Waals surface area (Å²) in [6.45, 7) is 0. The number of rotatable bonds is 3. The van der Waals surface area contributed by atoms with Crippen LogP contribution in [0.2, 0.25) is 0 Å². The van der Waals surface area contributed by atoms with Gasteiger partial charge in [-0.2, -0.15) is 5.10 Å². The summed E-state index contributed by atoms with van der Waals surface area (Å²) in [4.78, 5) is 24.6. The lowest BCUT2D eigenvalue weighted by Gasteiger charge is -2.02. The quantitative estimate of drug-likeness (QED) is 0.455. The smallest absolute Gasteiger partial charge is 0.157 e. The Bertz CT molecular complexity index is 1540. The maximum atomic E-state index is 14.8. The number of nitrogens with zero attached hydrogens (tertiary/aromatic N) is 6. The van der Waals surface area contributed by atoms with E-state index >= 15 is 0 Å². The monoisotopic (exact) mass is 408 g/mol. The summed E-state index contributed by atoms with van der Waals surface area (Å²) in [6.07, 6.45) is 9.86. The number of aromatic nitrogens is 8. The van der Waals surface area contributed by atoms with Crippen LogP contribution in [0.25, 0.3) is 55.8 Å². The van der Waals surface area contributed by atoms with Crippen molar-refractivity contribution in [3.05, 3.63) is 73.5 Å². The third kappa shape index (κ3) is 2.83. The van der Waals surface area contributed by atoms with Crippen LogP contribution in [0, 0.1) is 5.82 Å². The molecule has 0 aliphatic heterocycles. The Morgan fingerprint density at radius 2 is 1.65 bits per heavy atom. The lowest BCUT2D eigenvalue weighted by Crippen LogP contribution is -1.87. The highest BCUT2D eigenvalue weighted by atomic mass is 19.1. The van der Waals surface area contributed by atoms with Gasteiger partial charge in [0.1, 0.15) is 23.1 Å². The first-order valence-electron chi connectivity index (χ1n) is 9.46. The van der Waals surface area contributed by atoms with Crippen LogP contribution in [-0.2, 0) is 0 Å². The SMILES string of the molecule is Fc1cc(-c2cncnc2)cc2c(-c3nc4c(-c5ccncc5)nccc4[nH]3)[nH]nc12. The van der Waals surface area contributed by atoms with Gasteiger partial charge in [0, 0.05) is 47.5 Å². The fraction of sp³-hybridized carbons (Fsp3) is 0. The molecule has 0 fully saturated rings.